The molecule has 0 atom stereocenters. The predicted molar refractivity (Wildman–Crippen MR) is 134 cm³/mol. The zero-order valence-electron chi connectivity index (χ0n) is 20.8. The van der Waals surface area contributed by atoms with Gasteiger partial charge in [-0.15, -0.1) is 0 Å². The van der Waals surface area contributed by atoms with Crippen LogP contribution in [0.3, 0.4) is 0 Å². The fourth-order valence-electron chi connectivity index (χ4n) is 4.70. The Hall–Kier alpha value is -3.78. The summed E-state index contributed by atoms with van der Waals surface area (Å²) in [7, 11) is -5.41. The van der Waals surface area contributed by atoms with Gasteiger partial charge in [0.1, 0.15) is 11.5 Å². The van der Waals surface area contributed by atoms with Crippen molar-refractivity contribution >= 4 is 21.7 Å². The molecular weight excluding hydrogens is 535 g/mol. The van der Waals surface area contributed by atoms with Crippen LogP contribution in [0.1, 0.15) is 51.9 Å². The lowest BCUT2D eigenvalue weighted by Crippen LogP contribution is -2.44. The Bertz CT molecular complexity index is 1690. The molecule has 1 N–H and O–H groups in total. The van der Waals surface area contributed by atoms with Crippen LogP contribution in [-0.4, -0.2) is 54.6 Å². The zero-order valence-corrected chi connectivity index (χ0v) is 21.6. The van der Waals surface area contributed by atoms with E-state index in [4.69, 9.17) is 0 Å². The van der Waals surface area contributed by atoms with E-state index in [2.05, 4.69) is 20.3 Å². The molecule has 14 heteroatoms. The highest BCUT2D eigenvalue weighted by atomic mass is 32.2. The van der Waals surface area contributed by atoms with Gasteiger partial charge >= 0.3 is 15.5 Å². The fraction of sp³-hybridized carbons (Fsp3) is 0.360. The van der Waals surface area contributed by atoms with E-state index in [1.807, 2.05) is 25.3 Å². The average Bonchev–Trinajstić information content (AvgIpc) is 3.54. The minimum Gasteiger partial charge on any atom is -0.347 e. The van der Waals surface area contributed by atoms with Crippen LogP contribution in [0.5, 0.6) is 0 Å². The maximum atomic E-state index is 13.2. The van der Waals surface area contributed by atoms with Gasteiger partial charge in [-0.05, 0) is 30.9 Å². The van der Waals surface area contributed by atoms with Crippen molar-refractivity contribution in [2.75, 3.05) is 6.54 Å². The number of alkyl halides is 3. The van der Waals surface area contributed by atoms with Crippen LogP contribution in [0.25, 0.3) is 17.0 Å². The number of hydrogen-bond donors (Lipinski definition) is 1. The smallest absolute Gasteiger partial charge is 0.347 e. The lowest BCUT2D eigenvalue weighted by molar-refractivity contribution is -0.0496. The van der Waals surface area contributed by atoms with Crippen LogP contribution in [0.2, 0.25) is 0 Å². The minimum atomic E-state index is -5.41. The second-order valence-electron chi connectivity index (χ2n) is 9.82. The van der Waals surface area contributed by atoms with E-state index in [9.17, 15) is 26.4 Å². The number of carbonyl (C=O) groups excluding carboxylic acids is 1. The van der Waals surface area contributed by atoms with Crippen molar-refractivity contribution < 1.29 is 26.4 Å². The summed E-state index contributed by atoms with van der Waals surface area (Å²) in [6.45, 7) is 1.52. The number of halogens is 3. The van der Waals surface area contributed by atoms with Crippen LogP contribution < -0.4 is 5.32 Å². The molecule has 4 heterocycles. The molecule has 204 valence electrons. The van der Waals surface area contributed by atoms with Crippen LogP contribution in [0.4, 0.5) is 13.2 Å². The molecule has 1 aromatic carbocycles. The molecule has 0 radical (unpaired) electrons. The highest BCUT2D eigenvalue weighted by Gasteiger charge is 2.50. The zero-order chi connectivity index (χ0) is 27.5. The standard InChI is InChI=1S/C25H24F3N7O3S/c1-15-10-30-24-32-21(18-6-7-18)22(35(24)12-15)23(36)29-11-16-2-4-17(5-3-16)19-13-33-8-9-34(14-20(33)31-19)39(37,38)25(26,27)28/h2-5,10,12-13,18H,6-9,11,14H2,1H3,(H,29,36). The number of amides is 1. The predicted octanol–water partition coefficient (Wildman–Crippen LogP) is 3.37. The number of rotatable bonds is 6. The fourth-order valence-corrected chi connectivity index (χ4v) is 5.60. The molecule has 0 spiro atoms. The van der Waals surface area contributed by atoms with Crippen LogP contribution in [0.15, 0.2) is 42.9 Å². The van der Waals surface area contributed by atoms with Gasteiger partial charge in [-0.25, -0.2) is 23.4 Å². The van der Waals surface area contributed by atoms with E-state index in [1.54, 1.807) is 33.5 Å². The number of benzene rings is 1. The first-order valence-electron chi connectivity index (χ1n) is 12.4. The quantitative estimate of drug-likeness (QED) is 0.388. The lowest BCUT2D eigenvalue weighted by Gasteiger charge is -2.27. The van der Waals surface area contributed by atoms with E-state index in [0.29, 0.717) is 21.5 Å². The molecule has 10 nitrogen and oxygen atoms in total. The molecule has 39 heavy (non-hydrogen) atoms. The molecule has 3 aromatic heterocycles. The molecule has 1 saturated carbocycles. The third kappa shape index (κ3) is 4.67. The Kier molecular flexibility index (Phi) is 5.99. The SMILES string of the molecule is Cc1cnc2nc(C3CC3)c(C(=O)NCc3ccc(-c4cn5c(n4)CN(S(=O)(=O)C(F)(F)F)CC5)cc3)n2c1. The van der Waals surface area contributed by atoms with Crippen molar-refractivity contribution in [2.24, 2.45) is 0 Å². The number of nitrogens with zero attached hydrogens (tertiary/aromatic N) is 6. The van der Waals surface area contributed by atoms with Crippen molar-refractivity contribution in [2.45, 2.75) is 50.8 Å². The minimum absolute atomic E-state index is 0.0723. The first-order valence-corrected chi connectivity index (χ1v) is 13.8. The summed E-state index contributed by atoms with van der Waals surface area (Å²) in [5.41, 5.74) is -1.07. The maximum Gasteiger partial charge on any atom is 0.511 e. The first-order chi connectivity index (χ1) is 18.5. The number of aromatic nitrogens is 5. The topological polar surface area (TPSA) is 114 Å². The monoisotopic (exact) mass is 559 g/mol. The number of hydrogen-bond acceptors (Lipinski definition) is 6. The van der Waals surface area contributed by atoms with Crippen LogP contribution in [-0.2, 0) is 29.7 Å². The summed E-state index contributed by atoms with van der Waals surface area (Å²) < 4.78 is 66.2. The van der Waals surface area contributed by atoms with Gasteiger partial charge in [-0.3, -0.25) is 9.20 Å². The van der Waals surface area contributed by atoms with Gasteiger partial charge in [0.05, 0.1) is 17.9 Å². The van der Waals surface area contributed by atoms with Crippen LogP contribution in [0, 0.1) is 6.92 Å². The van der Waals surface area contributed by atoms with Gasteiger partial charge in [-0.1, -0.05) is 24.3 Å². The highest BCUT2D eigenvalue weighted by Crippen LogP contribution is 2.41. The second-order valence-corrected chi connectivity index (χ2v) is 11.8. The van der Waals surface area contributed by atoms with Crippen molar-refractivity contribution in [1.82, 2.24) is 33.5 Å². The van der Waals surface area contributed by atoms with Crippen molar-refractivity contribution in [3.8, 4) is 11.3 Å². The Morgan fingerprint density at radius 3 is 2.54 bits per heavy atom. The molecule has 0 unspecified atom stereocenters. The average molecular weight is 560 g/mol. The van der Waals surface area contributed by atoms with Crippen LogP contribution >= 0.6 is 0 Å². The summed E-state index contributed by atoms with van der Waals surface area (Å²) in [6.07, 6.45) is 7.27. The normalized spacial score (nSPS) is 16.4. The van der Waals surface area contributed by atoms with E-state index >= 15 is 0 Å². The Morgan fingerprint density at radius 2 is 1.85 bits per heavy atom. The van der Waals surface area contributed by atoms with Gasteiger partial charge in [0.2, 0.25) is 5.78 Å². The molecular formula is C25H24F3N7O3S. The first kappa shape index (κ1) is 25.5. The summed E-state index contributed by atoms with van der Waals surface area (Å²) in [5, 5.41) is 2.96. The number of aryl methyl sites for hydroxylation is 1. The molecule has 1 amide bonds. The molecule has 4 aromatic rings. The Labute approximate surface area is 221 Å². The summed E-state index contributed by atoms with van der Waals surface area (Å²) in [6, 6.07) is 7.26. The van der Waals surface area contributed by atoms with Gasteiger partial charge in [0, 0.05) is 49.7 Å². The van der Waals surface area contributed by atoms with Crippen molar-refractivity contribution in [3.63, 3.8) is 0 Å². The largest absolute Gasteiger partial charge is 0.511 e. The third-order valence-corrected chi connectivity index (χ3v) is 8.49. The third-order valence-electron chi connectivity index (χ3n) is 6.92. The molecule has 1 fully saturated rings. The number of fused-ring (bicyclic) bond motifs is 2. The molecule has 1 aliphatic heterocycles. The van der Waals surface area contributed by atoms with Gasteiger partial charge in [0.15, 0.2) is 0 Å². The summed E-state index contributed by atoms with van der Waals surface area (Å²) in [5.74, 6) is 0.776. The second kappa shape index (κ2) is 9.16. The van der Waals surface area contributed by atoms with E-state index in [0.717, 1.165) is 35.2 Å². The van der Waals surface area contributed by atoms with E-state index in [1.165, 1.54) is 0 Å². The number of carbonyl (C=O) groups is 1. The van der Waals surface area contributed by atoms with Gasteiger partial charge in [0.25, 0.3) is 5.91 Å². The Morgan fingerprint density at radius 1 is 1.10 bits per heavy atom. The molecule has 1 aliphatic carbocycles. The Balaban J connectivity index is 1.15. The molecule has 0 bridgehead atoms. The maximum absolute atomic E-state index is 13.2. The van der Waals surface area contributed by atoms with Gasteiger partial charge in [-0.2, -0.15) is 17.5 Å². The number of sulfonamides is 1. The van der Waals surface area contributed by atoms with E-state index < -0.39 is 22.1 Å². The molecule has 6 rings (SSSR count). The molecule has 0 saturated heterocycles. The summed E-state index contributed by atoms with van der Waals surface area (Å²) in [4.78, 5) is 26.5. The van der Waals surface area contributed by atoms with E-state index in [-0.39, 0.29) is 37.3 Å². The number of nitrogens with one attached hydrogen (secondary N) is 1. The molecule has 2 aliphatic rings. The summed E-state index contributed by atoms with van der Waals surface area (Å²) >= 11 is 0. The van der Waals surface area contributed by atoms with Crippen molar-refractivity contribution in [1.29, 1.82) is 0 Å². The highest BCUT2D eigenvalue weighted by molar-refractivity contribution is 7.89. The number of imidazole rings is 2. The lowest BCUT2D eigenvalue weighted by atomic mass is 10.1. The van der Waals surface area contributed by atoms with Gasteiger partial charge < -0.3 is 9.88 Å². The van der Waals surface area contributed by atoms with Crippen molar-refractivity contribution in [3.05, 3.63) is 71.2 Å².